The number of carbonyl (C=O) groups is 2. The summed E-state index contributed by atoms with van der Waals surface area (Å²) in [6.07, 6.45) is 3.19. The molecule has 2 aliphatic rings. The zero-order valence-electron chi connectivity index (χ0n) is 13.1. The van der Waals surface area contributed by atoms with Gasteiger partial charge in [0.2, 0.25) is 0 Å². The number of benzene rings is 1. The third-order valence-electron chi connectivity index (χ3n) is 4.26. The Kier molecular flexibility index (Phi) is 4.57. The minimum atomic E-state index is -0.417. The highest BCUT2D eigenvalue weighted by atomic mass is 35.5. The van der Waals surface area contributed by atoms with Gasteiger partial charge in [-0.1, -0.05) is 43.5 Å². The van der Waals surface area contributed by atoms with Crippen molar-refractivity contribution in [2.24, 2.45) is 0 Å². The maximum absolute atomic E-state index is 12.7. The molecule has 0 aliphatic carbocycles. The molecule has 5 nitrogen and oxygen atoms in total. The third kappa shape index (κ3) is 3.20. The lowest BCUT2D eigenvalue weighted by molar-refractivity contribution is -0.125. The summed E-state index contributed by atoms with van der Waals surface area (Å²) in [4.78, 5) is 26.5. The molecule has 2 N–H and O–H groups in total. The van der Waals surface area contributed by atoms with Gasteiger partial charge in [-0.25, -0.2) is 4.79 Å². The van der Waals surface area contributed by atoms with Crippen molar-refractivity contribution in [3.05, 3.63) is 46.1 Å². The van der Waals surface area contributed by atoms with Crippen molar-refractivity contribution in [1.82, 2.24) is 15.5 Å². The number of hydrogen-bond acceptors (Lipinski definition) is 2. The topological polar surface area (TPSA) is 61.4 Å². The molecule has 1 aromatic rings. The van der Waals surface area contributed by atoms with Crippen LogP contribution in [0, 0.1) is 0 Å². The van der Waals surface area contributed by atoms with Gasteiger partial charge < -0.3 is 15.5 Å². The first kappa shape index (κ1) is 15.9. The summed E-state index contributed by atoms with van der Waals surface area (Å²) in [5.41, 5.74) is 2.22. The molecule has 0 aromatic heterocycles. The number of urea groups is 1. The Morgan fingerprint density at radius 1 is 1.22 bits per heavy atom. The van der Waals surface area contributed by atoms with Crippen LogP contribution in [-0.2, 0) is 4.79 Å². The van der Waals surface area contributed by atoms with Crippen LogP contribution in [0.3, 0.4) is 0 Å². The number of halogens is 1. The summed E-state index contributed by atoms with van der Waals surface area (Å²) < 4.78 is 0. The molecule has 3 rings (SSSR count). The van der Waals surface area contributed by atoms with Gasteiger partial charge in [-0.3, -0.25) is 4.79 Å². The molecule has 1 aromatic carbocycles. The van der Waals surface area contributed by atoms with E-state index in [4.69, 9.17) is 11.6 Å². The highest BCUT2D eigenvalue weighted by Crippen LogP contribution is 2.33. The van der Waals surface area contributed by atoms with E-state index < -0.39 is 6.04 Å². The number of carbonyl (C=O) groups excluding carboxylic acids is 2. The van der Waals surface area contributed by atoms with Crippen molar-refractivity contribution in [1.29, 1.82) is 0 Å². The normalized spacial score (nSPS) is 20.4. The maximum Gasteiger partial charge on any atom is 0.319 e. The van der Waals surface area contributed by atoms with Crippen LogP contribution in [0.5, 0.6) is 0 Å². The summed E-state index contributed by atoms with van der Waals surface area (Å²) in [5, 5.41) is 6.25. The van der Waals surface area contributed by atoms with Crippen LogP contribution < -0.4 is 10.6 Å². The van der Waals surface area contributed by atoms with Gasteiger partial charge in [0.25, 0.3) is 5.91 Å². The molecule has 0 spiro atoms. The standard InChI is InChI=1S/C17H20ClN3O2/c1-2-3-4-9-21-10-13-14(16(21)22)15(20-17(23)19-13)11-5-7-12(18)8-6-11/h5-8,15H,2-4,9-10H2,1H3,(H2,19,20,23)/t15-/m0/s1. The second-order valence-corrected chi connectivity index (χ2v) is 6.35. The van der Waals surface area contributed by atoms with Gasteiger partial charge in [0.05, 0.1) is 23.9 Å². The second-order valence-electron chi connectivity index (χ2n) is 5.91. The number of unbranched alkanes of at least 4 members (excludes halogenated alkanes) is 2. The van der Waals surface area contributed by atoms with Crippen molar-refractivity contribution in [3.8, 4) is 0 Å². The Labute approximate surface area is 140 Å². The number of amides is 3. The van der Waals surface area contributed by atoms with Gasteiger partial charge in [0, 0.05) is 11.6 Å². The minimum absolute atomic E-state index is 0.00329. The second kappa shape index (κ2) is 6.62. The Bertz CT molecular complexity index is 654. The van der Waals surface area contributed by atoms with Crippen LogP contribution in [0.25, 0.3) is 0 Å². The maximum atomic E-state index is 12.7. The molecule has 23 heavy (non-hydrogen) atoms. The Morgan fingerprint density at radius 3 is 2.65 bits per heavy atom. The van der Waals surface area contributed by atoms with Gasteiger partial charge >= 0.3 is 6.03 Å². The Balaban J connectivity index is 1.84. The minimum Gasteiger partial charge on any atom is -0.333 e. The quantitative estimate of drug-likeness (QED) is 0.814. The van der Waals surface area contributed by atoms with Crippen LogP contribution in [0.2, 0.25) is 5.02 Å². The molecule has 0 bridgehead atoms. The first-order valence-electron chi connectivity index (χ1n) is 7.95. The van der Waals surface area contributed by atoms with Crippen molar-refractivity contribution >= 4 is 23.5 Å². The fourth-order valence-corrected chi connectivity index (χ4v) is 3.19. The number of nitrogens with one attached hydrogen (secondary N) is 2. The molecular weight excluding hydrogens is 314 g/mol. The smallest absolute Gasteiger partial charge is 0.319 e. The van der Waals surface area contributed by atoms with Gasteiger partial charge in [0.1, 0.15) is 0 Å². The van der Waals surface area contributed by atoms with Crippen LogP contribution in [0.1, 0.15) is 37.8 Å². The molecular formula is C17H20ClN3O2. The molecule has 0 radical (unpaired) electrons. The fraction of sp³-hybridized carbons (Fsp3) is 0.412. The molecule has 2 heterocycles. The molecule has 0 saturated heterocycles. The van der Waals surface area contributed by atoms with E-state index >= 15 is 0 Å². The molecule has 0 saturated carbocycles. The average molecular weight is 334 g/mol. The highest BCUT2D eigenvalue weighted by molar-refractivity contribution is 6.30. The molecule has 6 heteroatoms. The van der Waals surface area contributed by atoms with Gasteiger partial charge in [-0.05, 0) is 24.1 Å². The van der Waals surface area contributed by atoms with E-state index in [1.165, 1.54) is 0 Å². The molecule has 122 valence electrons. The van der Waals surface area contributed by atoms with Gasteiger partial charge in [-0.15, -0.1) is 0 Å². The molecule has 0 fully saturated rings. The monoisotopic (exact) mass is 333 g/mol. The molecule has 1 atom stereocenters. The third-order valence-corrected chi connectivity index (χ3v) is 4.51. The summed E-state index contributed by atoms with van der Waals surface area (Å²) in [5.74, 6) is 0.00329. The van der Waals surface area contributed by atoms with Gasteiger partial charge in [0.15, 0.2) is 0 Å². The lowest BCUT2D eigenvalue weighted by Crippen LogP contribution is -2.44. The largest absolute Gasteiger partial charge is 0.333 e. The molecule has 2 aliphatic heterocycles. The van der Waals surface area contributed by atoms with Crippen molar-refractivity contribution in [2.45, 2.75) is 32.2 Å². The van der Waals surface area contributed by atoms with E-state index in [1.54, 1.807) is 12.1 Å². The zero-order valence-corrected chi connectivity index (χ0v) is 13.8. The van der Waals surface area contributed by atoms with Crippen LogP contribution >= 0.6 is 11.6 Å². The van der Waals surface area contributed by atoms with Crippen molar-refractivity contribution in [3.63, 3.8) is 0 Å². The number of rotatable bonds is 5. The SMILES string of the molecule is CCCCCN1CC2=C(C1=O)[C@H](c1ccc(Cl)cc1)NC(=O)N2. The summed E-state index contributed by atoms with van der Waals surface area (Å²) in [7, 11) is 0. The number of nitrogens with zero attached hydrogens (tertiary/aromatic N) is 1. The predicted molar refractivity (Wildman–Crippen MR) is 89.0 cm³/mol. The molecule has 3 amide bonds. The lowest BCUT2D eigenvalue weighted by Gasteiger charge is -2.25. The lowest BCUT2D eigenvalue weighted by atomic mass is 9.96. The Morgan fingerprint density at radius 2 is 1.96 bits per heavy atom. The average Bonchev–Trinajstić information content (AvgIpc) is 2.84. The van der Waals surface area contributed by atoms with E-state index in [-0.39, 0.29) is 11.9 Å². The predicted octanol–water partition coefficient (Wildman–Crippen LogP) is 2.98. The summed E-state index contributed by atoms with van der Waals surface area (Å²) in [6, 6.07) is 6.53. The van der Waals surface area contributed by atoms with E-state index in [0.29, 0.717) is 17.1 Å². The van der Waals surface area contributed by atoms with Crippen LogP contribution in [0.4, 0.5) is 4.79 Å². The summed E-state index contributed by atoms with van der Waals surface area (Å²) in [6.45, 7) is 3.34. The Hall–Kier alpha value is -2.01. The zero-order chi connectivity index (χ0) is 16.4. The first-order chi connectivity index (χ1) is 11.1. The van der Waals surface area contributed by atoms with Crippen LogP contribution in [0.15, 0.2) is 35.5 Å². The van der Waals surface area contributed by atoms with E-state index in [9.17, 15) is 9.59 Å². The van der Waals surface area contributed by atoms with E-state index in [2.05, 4.69) is 17.6 Å². The highest BCUT2D eigenvalue weighted by Gasteiger charge is 2.39. The number of hydrogen-bond donors (Lipinski definition) is 2. The summed E-state index contributed by atoms with van der Waals surface area (Å²) >= 11 is 5.93. The molecule has 0 unspecified atom stereocenters. The van der Waals surface area contributed by atoms with Crippen molar-refractivity contribution < 1.29 is 9.59 Å². The van der Waals surface area contributed by atoms with E-state index in [0.717, 1.165) is 37.1 Å². The fourth-order valence-electron chi connectivity index (χ4n) is 3.07. The first-order valence-corrected chi connectivity index (χ1v) is 8.33. The van der Waals surface area contributed by atoms with Crippen molar-refractivity contribution in [2.75, 3.05) is 13.1 Å². The van der Waals surface area contributed by atoms with Crippen LogP contribution in [-0.4, -0.2) is 29.9 Å². The van der Waals surface area contributed by atoms with Gasteiger partial charge in [-0.2, -0.15) is 0 Å². The van der Waals surface area contributed by atoms with E-state index in [1.807, 2.05) is 17.0 Å².